The van der Waals surface area contributed by atoms with Gasteiger partial charge in [0, 0.05) is 19.2 Å². The quantitative estimate of drug-likeness (QED) is 0.390. The molecular weight excluding hydrogens is 306 g/mol. The highest BCUT2D eigenvalue weighted by atomic mass is 32.2. The Kier molecular flexibility index (Phi) is 7.26. The van der Waals surface area contributed by atoms with Crippen molar-refractivity contribution in [2.45, 2.75) is 44.4 Å². The maximum Gasteiger partial charge on any atom is 0.293 e. The fraction of sp³-hybridized carbons (Fsp3) is 0.571. The number of benzene rings is 1. The van der Waals surface area contributed by atoms with E-state index in [1.807, 2.05) is 13.8 Å². The Labute approximate surface area is 131 Å². The van der Waals surface area contributed by atoms with Crippen LogP contribution in [0.2, 0.25) is 0 Å². The monoisotopic (exact) mass is 329 g/mol. The van der Waals surface area contributed by atoms with Gasteiger partial charge in [0.1, 0.15) is 5.69 Å². The summed E-state index contributed by atoms with van der Waals surface area (Å²) in [6.07, 6.45) is 3.44. The molecule has 0 spiro atoms. The molecule has 0 heterocycles. The molecule has 1 aromatic carbocycles. The second-order valence-electron chi connectivity index (χ2n) is 4.97. The lowest BCUT2D eigenvalue weighted by Gasteiger charge is -2.09. The van der Waals surface area contributed by atoms with Gasteiger partial charge in [-0.05, 0) is 25.0 Å². The fourth-order valence-electron chi connectivity index (χ4n) is 1.85. The maximum atomic E-state index is 12.1. The molecule has 8 heteroatoms. The van der Waals surface area contributed by atoms with Crippen molar-refractivity contribution >= 4 is 21.4 Å². The molecule has 0 aliphatic heterocycles. The normalized spacial score (nSPS) is 11.4. The summed E-state index contributed by atoms with van der Waals surface area (Å²) in [5.74, 6) is 0. The first-order valence-corrected chi connectivity index (χ1v) is 8.92. The van der Waals surface area contributed by atoms with Crippen LogP contribution in [-0.2, 0) is 10.0 Å². The lowest BCUT2D eigenvalue weighted by atomic mass is 10.2. The molecular formula is C14H23N3O4S. The number of nitrogens with zero attached hydrogens (tertiary/aromatic N) is 1. The van der Waals surface area contributed by atoms with Crippen molar-refractivity contribution in [2.24, 2.45) is 0 Å². The number of nitro benzene ring substituents is 1. The maximum absolute atomic E-state index is 12.1. The Morgan fingerprint density at radius 3 is 2.36 bits per heavy atom. The van der Waals surface area contributed by atoms with Crippen molar-refractivity contribution < 1.29 is 13.3 Å². The summed E-state index contributed by atoms with van der Waals surface area (Å²) in [6.45, 7) is 4.91. The number of sulfonamides is 1. The third kappa shape index (κ3) is 5.27. The predicted octanol–water partition coefficient (Wildman–Crippen LogP) is 2.89. The lowest BCUT2D eigenvalue weighted by Crippen LogP contribution is -2.24. The smallest absolute Gasteiger partial charge is 0.293 e. The molecule has 0 bridgehead atoms. The van der Waals surface area contributed by atoms with Crippen molar-refractivity contribution in [3.63, 3.8) is 0 Å². The van der Waals surface area contributed by atoms with Crippen molar-refractivity contribution in [1.29, 1.82) is 0 Å². The number of unbranched alkanes of at least 4 members (excludes halogenated alkanes) is 2. The van der Waals surface area contributed by atoms with Crippen molar-refractivity contribution in [3.8, 4) is 0 Å². The van der Waals surface area contributed by atoms with E-state index in [4.69, 9.17) is 0 Å². The van der Waals surface area contributed by atoms with Crippen LogP contribution in [0.5, 0.6) is 0 Å². The Bertz CT molecular complexity index is 602. The minimum absolute atomic E-state index is 0.0867. The molecule has 2 N–H and O–H groups in total. The van der Waals surface area contributed by atoms with Crippen LogP contribution in [0.3, 0.4) is 0 Å². The van der Waals surface area contributed by atoms with E-state index in [1.54, 1.807) is 0 Å². The summed E-state index contributed by atoms with van der Waals surface area (Å²) in [7, 11) is -3.71. The van der Waals surface area contributed by atoms with Crippen LogP contribution in [0.15, 0.2) is 23.1 Å². The van der Waals surface area contributed by atoms with Gasteiger partial charge in [0.2, 0.25) is 10.0 Å². The second-order valence-corrected chi connectivity index (χ2v) is 6.73. The Balaban J connectivity index is 2.99. The van der Waals surface area contributed by atoms with E-state index >= 15 is 0 Å². The highest BCUT2D eigenvalue weighted by Gasteiger charge is 2.20. The van der Waals surface area contributed by atoms with Gasteiger partial charge in [-0.1, -0.05) is 26.7 Å². The summed E-state index contributed by atoms with van der Waals surface area (Å²) < 4.78 is 26.6. The zero-order chi connectivity index (χ0) is 16.6. The van der Waals surface area contributed by atoms with Crippen molar-refractivity contribution in [1.82, 2.24) is 4.72 Å². The van der Waals surface area contributed by atoms with Crippen LogP contribution in [0.4, 0.5) is 11.4 Å². The first-order valence-electron chi connectivity index (χ1n) is 7.44. The Morgan fingerprint density at radius 2 is 1.77 bits per heavy atom. The molecule has 0 atom stereocenters. The van der Waals surface area contributed by atoms with E-state index in [2.05, 4.69) is 10.0 Å². The van der Waals surface area contributed by atoms with E-state index in [1.165, 1.54) is 12.1 Å². The van der Waals surface area contributed by atoms with Crippen LogP contribution >= 0.6 is 0 Å². The summed E-state index contributed by atoms with van der Waals surface area (Å²) in [5, 5.41) is 14.1. The minimum Gasteiger partial charge on any atom is -0.379 e. The van der Waals surface area contributed by atoms with Gasteiger partial charge in [0.05, 0.1) is 9.82 Å². The molecule has 0 saturated heterocycles. The van der Waals surface area contributed by atoms with E-state index in [0.29, 0.717) is 18.8 Å². The van der Waals surface area contributed by atoms with Gasteiger partial charge < -0.3 is 5.32 Å². The van der Waals surface area contributed by atoms with E-state index < -0.39 is 14.9 Å². The molecule has 124 valence electrons. The Morgan fingerprint density at radius 1 is 1.14 bits per heavy atom. The average Bonchev–Trinajstić information content (AvgIpc) is 2.47. The number of hydrogen-bond acceptors (Lipinski definition) is 5. The molecule has 1 aromatic rings. The Hall–Kier alpha value is -1.67. The average molecular weight is 329 g/mol. The minimum atomic E-state index is -3.71. The molecule has 0 aromatic heterocycles. The molecule has 0 saturated carbocycles. The van der Waals surface area contributed by atoms with E-state index in [0.717, 1.165) is 31.7 Å². The van der Waals surface area contributed by atoms with Crippen LogP contribution in [0.25, 0.3) is 0 Å². The molecule has 7 nitrogen and oxygen atoms in total. The highest BCUT2D eigenvalue weighted by Crippen LogP contribution is 2.27. The fourth-order valence-corrected chi connectivity index (χ4v) is 2.94. The number of nitrogens with one attached hydrogen (secondary N) is 2. The first-order chi connectivity index (χ1) is 10.4. The second kappa shape index (κ2) is 8.70. The summed E-state index contributed by atoms with van der Waals surface area (Å²) in [4.78, 5) is 10.5. The van der Waals surface area contributed by atoms with Crippen LogP contribution < -0.4 is 10.0 Å². The summed E-state index contributed by atoms with van der Waals surface area (Å²) in [6, 6.07) is 3.93. The van der Waals surface area contributed by atoms with Crippen LogP contribution in [0, 0.1) is 10.1 Å². The number of nitro groups is 1. The lowest BCUT2D eigenvalue weighted by molar-refractivity contribution is -0.384. The topological polar surface area (TPSA) is 101 Å². The van der Waals surface area contributed by atoms with Crippen LogP contribution in [0.1, 0.15) is 39.5 Å². The van der Waals surface area contributed by atoms with Crippen molar-refractivity contribution in [2.75, 3.05) is 18.4 Å². The number of rotatable bonds is 10. The van der Waals surface area contributed by atoms with Gasteiger partial charge in [-0.2, -0.15) is 0 Å². The van der Waals surface area contributed by atoms with Gasteiger partial charge in [-0.15, -0.1) is 0 Å². The zero-order valence-corrected chi connectivity index (χ0v) is 13.8. The molecule has 0 amide bonds. The van der Waals surface area contributed by atoms with Gasteiger partial charge >= 0.3 is 0 Å². The molecule has 1 rings (SSSR count). The van der Waals surface area contributed by atoms with E-state index in [9.17, 15) is 18.5 Å². The van der Waals surface area contributed by atoms with Gasteiger partial charge in [-0.3, -0.25) is 10.1 Å². The summed E-state index contributed by atoms with van der Waals surface area (Å²) in [5.41, 5.74) is 0.112. The highest BCUT2D eigenvalue weighted by molar-refractivity contribution is 7.89. The largest absolute Gasteiger partial charge is 0.379 e. The molecule has 22 heavy (non-hydrogen) atoms. The van der Waals surface area contributed by atoms with Crippen molar-refractivity contribution in [3.05, 3.63) is 28.3 Å². The summed E-state index contributed by atoms with van der Waals surface area (Å²) >= 11 is 0. The third-order valence-electron chi connectivity index (χ3n) is 3.14. The third-order valence-corrected chi connectivity index (χ3v) is 4.60. The number of anilines is 1. The molecule has 0 unspecified atom stereocenters. The van der Waals surface area contributed by atoms with Crippen LogP contribution in [-0.4, -0.2) is 26.4 Å². The van der Waals surface area contributed by atoms with E-state index in [-0.39, 0.29) is 10.6 Å². The van der Waals surface area contributed by atoms with Gasteiger partial charge in [-0.25, -0.2) is 13.1 Å². The van der Waals surface area contributed by atoms with Gasteiger partial charge in [0.15, 0.2) is 0 Å². The number of hydrogen-bond donors (Lipinski definition) is 2. The zero-order valence-electron chi connectivity index (χ0n) is 13.0. The van der Waals surface area contributed by atoms with Gasteiger partial charge in [0.25, 0.3) is 5.69 Å². The molecule has 0 fully saturated rings. The predicted molar refractivity (Wildman–Crippen MR) is 86.6 cm³/mol. The standard InChI is InChI=1S/C14H23N3O4S/c1-3-5-9-15-13-8-7-12(11-14(13)17(18)19)22(20,21)16-10-6-4-2/h7-8,11,15-16H,3-6,9-10H2,1-2H3. The molecule has 0 aliphatic rings. The first kappa shape index (κ1) is 18.4. The molecule has 0 aliphatic carbocycles. The molecule has 0 radical (unpaired) electrons. The SMILES string of the molecule is CCCCNc1ccc(S(=O)(=O)NCCCC)cc1[N+](=O)[O-].